The SMILES string of the molecule is C[C@@](N)(C/C=C/c1ccccc1)C(=O)O. The van der Waals surface area contributed by atoms with Crippen molar-refractivity contribution in [2.45, 2.75) is 18.9 Å². The molecule has 0 radical (unpaired) electrons. The van der Waals surface area contributed by atoms with Crippen LogP contribution in [0.1, 0.15) is 18.9 Å². The molecule has 0 saturated carbocycles. The fourth-order valence-electron chi connectivity index (χ4n) is 1.09. The minimum Gasteiger partial charge on any atom is -0.480 e. The number of nitrogens with two attached hydrogens (primary N) is 1. The molecule has 1 aromatic rings. The van der Waals surface area contributed by atoms with Crippen LogP contribution in [0.15, 0.2) is 36.4 Å². The van der Waals surface area contributed by atoms with Crippen molar-refractivity contribution in [3.8, 4) is 0 Å². The largest absolute Gasteiger partial charge is 0.480 e. The van der Waals surface area contributed by atoms with Crippen molar-refractivity contribution < 1.29 is 9.90 Å². The van der Waals surface area contributed by atoms with E-state index >= 15 is 0 Å². The van der Waals surface area contributed by atoms with Gasteiger partial charge in [0.05, 0.1) is 0 Å². The number of aliphatic carboxylic acids is 1. The first-order valence-electron chi connectivity index (χ1n) is 4.76. The molecule has 0 aromatic heterocycles. The lowest BCUT2D eigenvalue weighted by molar-refractivity contribution is -0.142. The summed E-state index contributed by atoms with van der Waals surface area (Å²) < 4.78 is 0. The molecule has 0 aliphatic carbocycles. The number of rotatable bonds is 4. The molecule has 0 bridgehead atoms. The molecule has 3 nitrogen and oxygen atoms in total. The van der Waals surface area contributed by atoms with E-state index in [0.717, 1.165) is 5.56 Å². The molecule has 1 aromatic carbocycles. The average molecular weight is 205 g/mol. The molecule has 3 N–H and O–H groups in total. The zero-order chi connectivity index (χ0) is 11.3. The molecule has 80 valence electrons. The van der Waals surface area contributed by atoms with Gasteiger partial charge in [0, 0.05) is 0 Å². The Hall–Kier alpha value is -1.61. The van der Waals surface area contributed by atoms with Crippen LogP contribution in [-0.2, 0) is 4.79 Å². The Bertz CT molecular complexity index is 355. The van der Waals surface area contributed by atoms with E-state index in [1.54, 1.807) is 6.08 Å². The highest BCUT2D eigenvalue weighted by Crippen LogP contribution is 2.09. The van der Waals surface area contributed by atoms with Crippen LogP contribution in [0.2, 0.25) is 0 Å². The number of carboxylic acid groups (broad SMARTS) is 1. The molecular weight excluding hydrogens is 190 g/mol. The second kappa shape index (κ2) is 4.75. The topological polar surface area (TPSA) is 63.3 Å². The number of benzene rings is 1. The van der Waals surface area contributed by atoms with Crippen LogP contribution in [0, 0.1) is 0 Å². The third kappa shape index (κ3) is 3.56. The molecule has 0 aliphatic heterocycles. The normalized spacial score (nSPS) is 15.1. The number of carbonyl (C=O) groups is 1. The zero-order valence-electron chi connectivity index (χ0n) is 8.68. The van der Waals surface area contributed by atoms with Gasteiger partial charge in [-0.2, -0.15) is 0 Å². The predicted molar refractivity (Wildman–Crippen MR) is 60.3 cm³/mol. The van der Waals surface area contributed by atoms with Crippen LogP contribution in [0.4, 0.5) is 0 Å². The minimum absolute atomic E-state index is 0.317. The number of hydrogen-bond donors (Lipinski definition) is 2. The maximum absolute atomic E-state index is 10.7. The van der Waals surface area contributed by atoms with Crippen molar-refractivity contribution in [2.24, 2.45) is 5.73 Å². The second-order valence-electron chi connectivity index (χ2n) is 3.74. The van der Waals surface area contributed by atoms with Gasteiger partial charge in [0.1, 0.15) is 5.54 Å². The summed E-state index contributed by atoms with van der Waals surface area (Å²) in [5.41, 5.74) is 5.42. The fraction of sp³-hybridized carbons (Fsp3) is 0.250. The second-order valence-corrected chi connectivity index (χ2v) is 3.74. The van der Waals surface area contributed by atoms with Gasteiger partial charge in [0.2, 0.25) is 0 Å². The van der Waals surface area contributed by atoms with E-state index in [1.807, 2.05) is 36.4 Å². The van der Waals surface area contributed by atoms with Crippen LogP contribution < -0.4 is 5.73 Å². The fourth-order valence-corrected chi connectivity index (χ4v) is 1.09. The molecule has 0 spiro atoms. The van der Waals surface area contributed by atoms with Crippen LogP contribution >= 0.6 is 0 Å². The Labute approximate surface area is 89.2 Å². The average Bonchev–Trinajstić information content (AvgIpc) is 2.19. The lowest BCUT2D eigenvalue weighted by Crippen LogP contribution is -2.44. The smallest absolute Gasteiger partial charge is 0.323 e. The molecule has 0 amide bonds. The van der Waals surface area contributed by atoms with Gasteiger partial charge in [-0.25, -0.2) is 0 Å². The van der Waals surface area contributed by atoms with Crippen molar-refractivity contribution in [2.75, 3.05) is 0 Å². The molecule has 0 aliphatic rings. The molecule has 0 unspecified atom stereocenters. The van der Waals surface area contributed by atoms with E-state index in [0.29, 0.717) is 6.42 Å². The van der Waals surface area contributed by atoms with Gasteiger partial charge in [-0.15, -0.1) is 0 Å². The van der Waals surface area contributed by atoms with Gasteiger partial charge in [-0.3, -0.25) is 4.79 Å². The molecule has 15 heavy (non-hydrogen) atoms. The van der Waals surface area contributed by atoms with Crippen LogP contribution in [0.5, 0.6) is 0 Å². The van der Waals surface area contributed by atoms with Gasteiger partial charge in [0.25, 0.3) is 0 Å². The van der Waals surface area contributed by atoms with E-state index in [4.69, 9.17) is 10.8 Å². The summed E-state index contributed by atoms with van der Waals surface area (Å²) in [5, 5.41) is 8.78. The first kappa shape index (κ1) is 11.5. The van der Waals surface area contributed by atoms with Crippen molar-refractivity contribution in [1.82, 2.24) is 0 Å². The Morgan fingerprint density at radius 1 is 1.47 bits per heavy atom. The van der Waals surface area contributed by atoms with E-state index in [9.17, 15) is 4.79 Å². The highest BCUT2D eigenvalue weighted by molar-refractivity contribution is 5.78. The Balaban J connectivity index is 2.58. The zero-order valence-corrected chi connectivity index (χ0v) is 8.68. The predicted octanol–water partition coefficient (Wildman–Crippen LogP) is 1.89. The number of carboxylic acids is 1. The Morgan fingerprint density at radius 3 is 2.60 bits per heavy atom. The molecule has 0 heterocycles. The third-order valence-corrected chi connectivity index (χ3v) is 2.14. The van der Waals surface area contributed by atoms with Crippen molar-refractivity contribution >= 4 is 12.0 Å². The van der Waals surface area contributed by atoms with E-state index in [-0.39, 0.29) is 0 Å². The van der Waals surface area contributed by atoms with Gasteiger partial charge in [-0.05, 0) is 18.9 Å². The summed E-state index contributed by atoms with van der Waals surface area (Å²) in [6.45, 7) is 1.50. The summed E-state index contributed by atoms with van der Waals surface area (Å²) >= 11 is 0. The van der Waals surface area contributed by atoms with Crippen LogP contribution in [0.25, 0.3) is 6.08 Å². The van der Waals surface area contributed by atoms with Crippen molar-refractivity contribution in [3.63, 3.8) is 0 Å². The van der Waals surface area contributed by atoms with Crippen molar-refractivity contribution in [3.05, 3.63) is 42.0 Å². The summed E-state index contributed by atoms with van der Waals surface area (Å²) in [6, 6.07) is 9.69. The summed E-state index contributed by atoms with van der Waals surface area (Å²) in [5.74, 6) is -0.986. The van der Waals surface area contributed by atoms with Gasteiger partial charge in [-0.1, -0.05) is 42.5 Å². The highest BCUT2D eigenvalue weighted by atomic mass is 16.4. The summed E-state index contributed by atoms with van der Waals surface area (Å²) in [4.78, 5) is 10.7. The maximum atomic E-state index is 10.7. The van der Waals surface area contributed by atoms with E-state index in [2.05, 4.69) is 0 Å². The lowest BCUT2D eigenvalue weighted by Gasteiger charge is -2.16. The minimum atomic E-state index is -1.19. The Kier molecular flexibility index (Phi) is 3.63. The quantitative estimate of drug-likeness (QED) is 0.789. The van der Waals surface area contributed by atoms with Gasteiger partial charge >= 0.3 is 5.97 Å². The summed E-state index contributed by atoms with van der Waals surface area (Å²) in [7, 11) is 0. The first-order chi connectivity index (χ1) is 7.02. The molecule has 1 rings (SSSR count). The van der Waals surface area contributed by atoms with E-state index < -0.39 is 11.5 Å². The Morgan fingerprint density at radius 2 is 2.07 bits per heavy atom. The van der Waals surface area contributed by atoms with Crippen LogP contribution in [0.3, 0.4) is 0 Å². The highest BCUT2D eigenvalue weighted by Gasteiger charge is 2.25. The van der Waals surface area contributed by atoms with Gasteiger partial charge < -0.3 is 10.8 Å². The number of hydrogen-bond acceptors (Lipinski definition) is 2. The molecule has 0 saturated heterocycles. The van der Waals surface area contributed by atoms with E-state index in [1.165, 1.54) is 6.92 Å². The van der Waals surface area contributed by atoms with Crippen LogP contribution in [-0.4, -0.2) is 16.6 Å². The molecule has 3 heteroatoms. The lowest BCUT2D eigenvalue weighted by atomic mass is 9.99. The van der Waals surface area contributed by atoms with Gasteiger partial charge in [0.15, 0.2) is 0 Å². The standard InChI is InChI=1S/C12H15NO2/c1-12(13,11(14)15)9-5-8-10-6-3-2-4-7-10/h2-8H,9,13H2,1H3,(H,14,15)/b8-5+/t12-/m1/s1. The molecule has 0 fully saturated rings. The third-order valence-electron chi connectivity index (χ3n) is 2.14. The maximum Gasteiger partial charge on any atom is 0.323 e. The first-order valence-corrected chi connectivity index (χ1v) is 4.76. The summed E-state index contributed by atoms with van der Waals surface area (Å²) in [6.07, 6.45) is 3.97. The monoisotopic (exact) mass is 205 g/mol. The molecule has 1 atom stereocenters. The molecular formula is C12H15NO2. The van der Waals surface area contributed by atoms with Crippen molar-refractivity contribution in [1.29, 1.82) is 0 Å².